The maximum absolute atomic E-state index is 10.9. The number of hydrogen-bond acceptors (Lipinski definition) is 19. The molecule has 3 unspecified atom stereocenters. The maximum atomic E-state index is 10.9. The van der Waals surface area contributed by atoms with Gasteiger partial charge in [-0.3, -0.25) is 4.99 Å². The molecule has 9 rings (SSSR count). The summed E-state index contributed by atoms with van der Waals surface area (Å²) in [5, 5.41) is 0. The van der Waals surface area contributed by atoms with E-state index in [1.165, 1.54) is 67.9 Å². The van der Waals surface area contributed by atoms with Gasteiger partial charge in [-0.2, -0.15) is 54.6 Å². The fraction of sp³-hybridized carbons (Fsp3) is 0.400. The van der Waals surface area contributed by atoms with Gasteiger partial charge >= 0.3 is 340 Å². The zero-order valence-electron chi connectivity index (χ0n) is 64.7. The zero-order valence-corrected chi connectivity index (χ0v) is 90.5. The van der Waals surface area contributed by atoms with Gasteiger partial charge in [-0.15, -0.1) is 61.6 Å². The van der Waals surface area contributed by atoms with Crippen LogP contribution in [0.15, 0.2) is 204 Å². The molecule has 3 heterocycles. The largest absolute Gasteiger partial charge is 1.00 e. The van der Waals surface area contributed by atoms with Crippen LogP contribution in [0, 0.1) is 18.2 Å². The molecule has 0 aromatic heterocycles. The number of rotatable bonds is 26. The van der Waals surface area contributed by atoms with E-state index in [2.05, 4.69) is 199 Å². The summed E-state index contributed by atoms with van der Waals surface area (Å²) in [5.41, 5.74) is 14.2. The van der Waals surface area contributed by atoms with Crippen LogP contribution in [-0.4, -0.2) is 138 Å². The summed E-state index contributed by atoms with van der Waals surface area (Å²) in [4.78, 5) is 4.55. The average molecular weight is 1880 g/mol. The fourth-order valence-electron chi connectivity index (χ4n) is 12.3. The minimum Gasteiger partial charge on any atom is -0.748 e. The first-order valence-corrected chi connectivity index (χ1v) is 42.4. The summed E-state index contributed by atoms with van der Waals surface area (Å²) in [6, 6.07) is 27.4. The number of alkyl halides is 1. The van der Waals surface area contributed by atoms with E-state index in [0.29, 0.717) is 38.5 Å². The average Bonchev–Trinajstić information content (AvgIpc) is 1.61. The molecular weight excluding hydrogens is 1780 g/mol. The number of halogens is 1. The van der Waals surface area contributed by atoms with Crippen molar-refractivity contribution < 1.29 is 394 Å². The second-order valence-electron chi connectivity index (χ2n) is 24.9. The van der Waals surface area contributed by atoms with Crippen LogP contribution in [0.5, 0.6) is 0 Å². The van der Waals surface area contributed by atoms with Gasteiger partial charge in [-0.25, -0.2) is 34.4 Å². The van der Waals surface area contributed by atoms with Crippen molar-refractivity contribution in [2.45, 2.75) is 154 Å². The normalized spacial score (nSPS) is 19.5. The molecule has 0 N–H and O–H groups in total. The number of unbranched alkanes of at least 4 members (excludes halogenated alkanes) is 3. The van der Waals surface area contributed by atoms with E-state index >= 15 is 0 Å². The smallest absolute Gasteiger partial charge is 0.748 e. The van der Waals surface area contributed by atoms with Crippen molar-refractivity contribution in [2.24, 2.45) is 4.99 Å². The predicted molar refractivity (Wildman–Crippen MR) is 409 cm³/mol. The first-order chi connectivity index (χ1) is 48.6. The molecule has 0 bridgehead atoms. The van der Waals surface area contributed by atoms with Crippen LogP contribution in [-0.2, 0) is 78.4 Å². The van der Waals surface area contributed by atoms with Crippen LogP contribution < -0.4 is 308 Å². The monoisotopic (exact) mass is 1870 g/mol. The van der Waals surface area contributed by atoms with Crippen molar-refractivity contribution in [3.63, 3.8) is 0 Å². The quantitative estimate of drug-likeness (QED) is 0.0139. The number of nitrogens with zero attached hydrogens (tertiary/aromatic N) is 3. The van der Waals surface area contributed by atoms with Crippen LogP contribution in [0.2, 0.25) is 0 Å². The third-order valence-electron chi connectivity index (χ3n) is 17.8. The molecule has 560 valence electrons. The molecule has 0 fully saturated rings. The number of fused-ring (bicyclic) bond motifs is 3. The molecule has 3 aromatic rings. The Morgan fingerprint density at radius 1 is 0.404 bits per heavy atom. The van der Waals surface area contributed by atoms with Gasteiger partial charge in [0.05, 0.1) is 30.4 Å². The Morgan fingerprint density at radius 3 is 1.01 bits per heavy atom. The number of hydrogen-bond donors (Lipinski definition) is 0. The summed E-state index contributed by atoms with van der Waals surface area (Å²) in [6.07, 6.45) is 56.2. The van der Waals surface area contributed by atoms with E-state index in [1.54, 1.807) is 0 Å². The van der Waals surface area contributed by atoms with Gasteiger partial charge in [0.25, 0.3) is 0 Å². The van der Waals surface area contributed by atoms with Crippen LogP contribution in [0.3, 0.4) is 0 Å². The second-order valence-corrected chi connectivity index (χ2v) is 31.8. The van der Waals surface area contributed by atoms with Crippen molar-refractivity contribution in [2.75, 3.05) is 34.8 Å². The van der Waals surface area contributed by atoms with Crippen molar-refractivity contribution in [3.8, 4) is 0 Å². The van der Waals surface area contributed by atoms with Crippen LogP contribution in [0.4, 0.5) is 17.1 Å². The minimum atomic E-state index is -4.15. The summed E-state index contributed by atoms with van der Waals surface area (Å²) >= 11 is 2.42. The molecule has 3 atom stereocenters. The van der Waals surface area contributed by atoms with Gasteiger partial charge in [-0.05, 0) is 103 Å². The molecule has 3 aromatic carbocycles. The zero-order chi connectivity index (χ0) is 76.7. The van der Waals surface area contributed by atoms with Gasteiger partial charge in [0.1, 0.15) is 24.5 Å². The summed E-state index contributed by atoms with van der Waals surface area (Å²) < 4.78 is 179. The predicted octanol–water partition coefficient (Wildman–Crippen LogP) is -4.68. The van der Waals surface area contributed by atoms with Crippen LogP contribution in [0.25, 0.3) is 0 Å². The molecule has 0 radical (unpaired) electrons. The van der Waals surface area contributed by atoms with E-state index in [4.69, 9.17) is 37.9 Å². The minimum absolute atomic E-state index is 0. The van der Waals surface area contributed by atoms with E-state index in [-0.39, 0.29) is 342 Å². The Bertz CT molecular complexity index is 4380. The molecule has 0 saturated carbocycles. The third kappa shape index (κ3) is 48.2. The van der Waals surface area contributed by atoms with Gasteiger partial charge in [-0.1, -0.05) is 201 Å². The Labute approximate surface area is 921 Å². The van der Waals surface area contributed by atoms with Gasteiger partial charge in [0, 0.05) is 60.5 Å². The maximum Gasteiger partial charge on any atom is 1.00 e. The van der Waals surface area contributed by atoms with Crippen molar-refractivity contribution >= 4 is 119 Å². The Kier molecular flexibility index (Phi) is 68.9. The summed E-state index contributed by atoms with van der Waals surface area (Å²) in [7, 11) is -21.7. The molecule has 6 aliphatic rings. The van der Waals surface area contributed by atoms with E-state index < -0.39 is 62.2 Å². The molecule has 34 heteroatoms. The molecule has 3 aliphatic heterocycles. The van der Waals surface area contributed by atoms with Crippen molar-refractivity contribution in [1.29, 1.82) is 0 Å². The molecule has 0 saturated heterocycles. The molecule has 109 heavy (non-hydrogen) atoms. The first kappa shape index (κ1) is 118. The molecule has 0 amide bonds. The summed E-state index contributed by atoms with van der Waals surface area (Å²) in [6.45, 7) is 14.7. The van der Waals surface area contributed by atoms with E-state index in [1.807, 2.05) is 79.8 Å². The van der Waals surface area contributed by atoms with E-state index in [0.717, 1.165) is 75.0 Å². The SMILES string of the molecule is CC1=Nc2cc[c-]cc2C1(C)CCCCS(=O)(=O)[O-].CC1=[N+](CCCC2=C/C=C\C=C/C=C2)c2cc[c-]cc2C1(C)CCCCS(=O)(=O)[O-].CC1=[N+](CCCC2=C/C=C\C=C/C=C2)c2cc[c-]cc2C1(C)CCCCS(=O)(=O)[O-].ICCCC1=C/C=C\C=C/C=C1.O=S(=O)=O.O=S(=O)=O.O=S(=O)=O.[K+].[K+].[K+].[K+].[K+].[K+]. The van der Waals surface area contributed by atoms with Gasteiger partial charge < -0.3 is 13.7 Å². The summed E-state index contributed by atoms with van der Waals surface area (Å²) in [5.74, 6) is -0.856. The first-order valence-electron chi connectivity index (χ1n) is 33.2. The molecule has 21 nitrogen and oxygen atoms in total. The van der Waals surface area contributed by atoms with E-state index in [9.17, 15) is 38.9 Å². The van der Waals surface area contributed by atoms with Crippen molar-refractivity contribution in [1.82, 2.24) is 0 Å². The Hall–Kier alpha value is 2.69. The van der Waals surface area contributed by atoms with Crippen LogP contribution in [0.1, 0.15) is 155 Å². The number of aliphatic imine (C=N–C) groups is 1. The standard InChI is InChI=1S/2C25H31NO3S.C14H18NO3S.C11H13I.6K.3O3S/c2*1-21-25(2,18-10-11-20-30(27,28)29)23-16-8-9-17-24(23)26(21)19-12-15-22-13-6-4-3-5-7-14-22;1-11-14(2,9-5-6-10-19(16,17)18)12-7-3-4-8-13(12)15-11;12-10-6-9-11-7-4-2-1-3-5-8-11;;;;;;;3*1-4(2)3/h2*3-7,9,13-14,16-17H,10-12,15,18-20H2,1-2H3,(H,27,28,29);4,7-8H,5-6,9-10H2,1-2H3,(H,16,17,18);1-5,7-8H,6,9-10H2;;;;;;;;;/q;;-1;;6*+1;;;/p-3/b2*4-3-,5-3?,6-4?,7-5-,13-6?,14-7?,22-13?,22-14?;;2-1-,3-1?,4-2?,5-3-,7-4?,8-5?,11-7?,11-8?;;;;;;;;;. The van der Waals surface area contributed by atoms with Crippen LogP contribution >= 0.6 is 22.6 Å². The number of benzene rings is 3. The Balaban J connectivity index is -0.000000652. The van der Waals surface area contributed by atoms with Gasteiger partial charge in [0.15, 0.2) is 11.4 Å². The Morgan fingerprint density at radius 2 is 0.688 bits per heavy atom. The molecule has 0 spiro atoms. The fourth-order valence-corrected chi connectivity index (χ4v) is 14.3. The topological polar surface area (TPSA) is 344 Å². The molecule has 3 aliphatic carbocycles. The number of allylic oxidation sites excluding steroid dienone is 24. The molecular formula is C75H90IK6N3O18S6+2. The second kappa shape index (κ2) is 63.6. The van der Waals surface area contributed by atoms with Gasteiger partial charge in [0.2, 0.25) is 0 Å². The third-order valence-corrected chi connectivity index (χ3v) is 21.0. The van der Waals surface area contributed by atoms with Crippen molar-refractivity contribution in [3.05, 3.63) is 234 Å².